The number of benzene rings is 2. The summed E-state index contributed by atoms with van der Waals surface area (Å²) in [4.78, 5) is 11.9. The summed E-state index contributed by atoms with van der Waals surface area (Å²) in [6.45, 7) is 0.692. The molecule has 0 bridgehead atoms. The number of halogens is 1. The van der Waals surface area contributed by atoms with Crippen LogP contribution in [0.15, 0.2) is 48.5 Å². The maximum absolute atomic E-state index is 11.9. The molecule has 4 nitrogen and oxygen atoms in total. The van der Waals surface area contributed by atoms with E-state index in [1.54, 1.807) is 24.3 Å². The van der Waals surface area contributed by atoms with Gasteiger partial charge in [0, 0.05) is 22.9 Å². The summed E-state index contributed by atoms with van der Waals surface area (Å²) in [6, 6.07) is 14.3. The molecule has 0 atom stereocenters. The second-order valence-corrected chi connectivity index (χ2v) is 4.71. The fourth-order valence-electron chi connectivity index (χ4n) is 1.80. The molecule has 2 amide bonds. The molecule has 0 saturated carbocycles. The SMILES string of the molecule is CNCc1ccccc1NC(=O)Nc1ccc(Cl)cc1. The van der Waals surface area contributed by atoms with Gasteiger partial charge >= 0.3 is 6.03 Å². The molecule has 0 heterocycles. The average Bonchev–Trinajstić information content (AvgIpc) is 2.44. The first-order chi connectivity index (χ1) is 9.69. The summed E-state index contributed by atoms with van der Waals surface area (Å²) in [5.74, 6) is 0. The minimum Gasteiger partial charge on any atom is -0.316 e. The van der Waals surface area contributed by atoms with Crippen LogP contribution >= 0.6 is 11.6 Å². The van der Waals surface area contributed by atoms with Crippen LogP contribution in [0, 0.1) is 0 Å². The molecule has 0 unspecified atom stereocenters. The van der Waals surface area contributed by atoms with Crippen molar-refractivity contribution in [2.75, 3.05) is 17.7 Å². The van der Waals surface area contributed by atoms with Crippen molar-refractivity contribution >= 4 is 29.0 Å². The van der Waals surface area contributed by atoms with Crippen LogP contribution in [0.3, 0.4) is 0 Å². The van der Waals surface area contributed by atoms with Gasteiger partial charge in [0.25, 0.3) is 0 Å². The number of hydrogen-bond acceptors (Lipinski definition) is 2. The Hall–Kier alpha value is -2.04. The summed E-state index contributed by atoms with van der Waals surface area (Å²) in [5.41, 5.74) is 2.51. The van der Waals surface area contributed by atoms with E-state index >= 15 is 0 Å². The van der Waals surface area contributed by atoms with Crippen molar-refractivity contribution in [2.24, 2.45) is 0 Å². The number of carbonyl (C=O) groups is 1. The van der Waals surface area contributed by atoms with Gasteiger partial charge in [0.05, 0.1) is 0 Å². The molecule has 3 N–H and O–H groups in total. The van der Waals surface area contributed by atoms with Crippen molar-refractivity contribution in [2.45, 2.75) is 6.54 Å². The van der Waals surface area contributed by atoms with Crippen molar-refractivity contribution < 1.29 is 4.79 Å². The first kappa shape index (κ1) is 14.4. The monoisotopic (exact) mass is 289 g/mol. The number of rotatable bonds is 4. The first-order valence-electron chi connectivity index (χ1n) is 6.25. The Morgan fingerprint density at radius 1 is 1.05 bits per heavy atom. The van der Waals surface area contributed by atoms with Crippen LogP contribution in [0.2, 0.25) is 5.02 Å². The third-order valence-electron chi connectivity index (χ3n) is 2.73. The van der Waals surface area contributed by atoms with Crippen molar-refractivity contribution in [3.63, 3.8) is 0 Å². The zero-order valence-corrected chi connectivity index (χ0v) is 11.9. The highest BCUT2D eigenvalue weighted by molar-refractivity contribution is 6.30. The van der Waals surface area contributed by atoms with Gasteiger partial charge < -0.3 is 16.0 Å². The highest BCUT2D eigenvalue weighted by atomic mass is 35.5. The highest BCUT2D eigenvalue weighted by Gasteiger charge is 2.06. The summed E-state index contributed by atoms with van der Waals surface area (Å²) < 4.78 is 0. The predicted octanol–water partition coefficient (Wildman–Crippen LogP) is 3.70. The molecule has 20 heavy (non-hydrogen) atoms. The third-order valence-corrected chi connectivity index (χ3v) is 2.99. The molecule has 0 saturated heterocycles. The lowest BCUT2D eigenvalue weighted by Crippen LogP contribution is -2.21. The van der Waals surface area contributed by atoms with Crippen molar-refractivity contribution in [3.05, 3.63) is 59.1 Å². The van der Waals surface area contributed by atoms with E-state index in [1.807, 2.05) is 31.3 Å². The van der Waals surface area contributed by atoms with Gasteiger partial charge in [0.2, 0.25) is 0 Å². The van der Waals surface area contributed by atoms with Gasteiger partial charge in [-0.3, -0.25) is 0 Å². The standard InChI is InChI=1S/C15H16ClN3O/c1-17-10-11-4-2-3-5-14(11)19-15(20)18-13-8-6-12(16)7-9-13/h2-9,17H,10H2,1H3,(H2,18,19,20). The summed E-state index contributed by atoms with van der Waals surface area (Å²) >= 11 is 5.80. The predicted molar refractivity (Wildman–Crippen MR) is 83.3 cm³/mol. The Labute approximate surface area is 123 Å². The largest absolute Gasteiger partial charge is 0.323 e. The Morgan fingerprint density at radius 3 is 2.45 bits per heavy atom. The van der Waals surface area contributed by atoms with Crippen LogP contribution in [0.1, 0.15) is 5.56 Å². The molecule has 2 aromatic carbocycles. The van der Waals surface area contributed by atoms with E-state index in [0.29, 0.717) is 17.3 Å². The van der Waals surface area contributed by atoms with Crippen LogP contribution in [-0.2, 0) is 6.54 Å². The van der Waals surface area contributed by atoms with Crippen LogP contribution in [0.25, 0.3) is 0 Å². The number of carbonyl (C=O) groups excluding carboxylic acids is 1. The minimum absolute atomic E-state index is 0.282. The Kier molecular flexibility index (Phi) is 4.98. The quantitative estimate of drug-likeness (QED) is 0.804. The number of urea groups is 1. The zero-order chi connectivity index (χ0) is 14.4. The molecular formula is C15H16ClN3O. The van der Waals surface area contributed by atoms with Crippen molar-refractivity contribution in [1.82, 2.24) is 5.32 Å². The molecule has 0 radical (unpaired) electrons. The fraction of sp³-hybridized carbons (Fsp3) is 0.133. The molecule has 0 fully saturated rings. The molecule has 0 aromatic heterocycles. The Balaban J connectivity index is 2.02. The molecule has 2 rings (SSSR count). The minimum atomic E-state index is -0.282. The van der Waals surface area contributed by atoms with E-state index in [-0.39, 0.29) is 6.03 Å². The zero-order valence-electron chi connectivity index (χ0n) is 11.1. The van der Waals surface area contributed by atoms with Gasteiger partial charge in [-0.05, 0) is 42.9 Å². The van der Waals surface area contributed by atoms with Crippen LogP contribution in [-0.4, -0.2) is 13.1 Å². The number of hydrogen-bond donors (Lipinski definition) is 3. The molecular weight excluding hydrogens is 274 g/mol. The summed E-state index contributed by atoms with van der Waals surface area (Å²) in [5, 5.41) is 9.29. The molecule has 0 aliphatic rings. The van der Waals surface area contributed by atoms with Crippen molar-refractivity contribution in [1.29, 1.82) is 0 Å². The molecule has 5 heteroatoms. The van der Waals surface area contributed by atoms with Crippen LogP contribution < -0.4 is 16.0 Å². The lowest BCUT2D eigenvalue weighted by atomic mass is 10.2. The summed E-state index contributed by atoms with van der Waals surface area (Å²) in [6.07, 6.45) is 0. The molecule has 104 valence electrons. The van der Waals surface area contributed by atoms with E-state index in [1.165, 1.54) is 0 Å². The molecule has 0 aliphatic heterocycles. The van der Waals surface area contributed by atoms with E-state index in [0.717, 1.165) is 11.3 Å². The topological polar surface area (TPSA) is 53.2 Å². The number of amides is 2. The molecule has 2 aromatic rings. The van der Waals surface area contributed by atoms with Gasteiger partial charge in [-0.1, -0.05) is 29.8 Å². The van der Waals surface area contributed by atoms with E-state index < -0.39 is 0 Å². The first-order valence-corrected chi connectivity index (χ1v) is 6.63. The second-order valence-electron chi connectivity index (χ2n) is 4.27. The Bertz CT molecular complexity index is 584. The second kappa shape index (κ2) is 6.93. The molecule has 0 aliphatic carbocycles. The lowest BCUT2D eigenvalue weighted by Gasteiger charge is -2.11. The van der Waals surface area contributed by atoms with Crippen LogP contribution in [0.4, 0.5) is 16.2 Å². The van der Waals surface area contributed by atoms with E-state index in [9.17, 15) is 4.79 Å². The maximum Gasteiger partial charge on any atom is 0.323 e. The van der Waals surface area contributed by atoms with Gasteiger partial charge in [-0.25, -0.2) is 4.79 Å². The smallest absolute Gasteiger partial charge is 0.316 e. The average molecular weight is 290 g/mol. The van der Waals surface area contributed by atoms with Gasteiger partial charge in [-0.15, -0.1) is 0 Å². The van der Waals surface area contributed by atoms with Gasteiger partial charge in [0.15, 0.2) is 0 Å². The Morgan fingerprint density at radius 2 is 1.75 bits per heavy atom. The van der Waals surface area contributed by atoms with Gasteiger partial charge in [0.1, 0.15) is 0 Å². The number of anilines is 2. The van der Waals surface area contributed by atoms with Crippen LogP contribution in [0.5, 0.6) is 0 Å². The maximum atomic E-state index is 11.9. The van der Waals surface area contributed by atoms with E-state index in [4.69, 9.17) is 11.6 Å². The lowest BCUT2D eigenvalue weighted by molar-refractivity contribution is 0.262. The van der Waals surface area contributed by atoms with Gasteiger partial charge in [-0.2, -0.15) is 0 Å². The highest BCUT2D eigenvalue weighted by Crippen LogP contribution is 2.16. The number of para-hydroxylation sites is 1. The van der Waals surface area contributed by atoms with E-state index in [2.05, 4.69) is 16.0 Å². The number of nitrogens with one attached hydrogen (secondary N) is 3. The third kappa shape index (κ3) is 3.98. The summed E-state index contributed by atoms with van der Waals surface area (Å²) in [7, 11) is 1.87. The fourth-order valence-corrected chi connectivity index (χ4v) is 1.93. The molecule has 0 spiro atoms. The normalized spacial score (nSPS) is 10.1. The van der Waals surface area contributed by atoms with Crippen molar-refractivity contribution in [3.8, 4) is 0 Å².